The van der Waals surface area contributed by atoms with Crippen LogP contribution in [0.4, 0.5) is 10.1 Å². The van der Waals surface area contributed by atoms with Crippen LogP contribution in [0, 0.1) is 5.82 Å². The van der Waals surface area contributed by atoms with E-state index in [0.717, 1.165) is 16.1 Å². The number of amides is 1. The molecule has 1 N–H and O–H groups in total. The van der Waals surface area contributed by atoms with Crippen LogP contribution in [0.25, 0.3) is 0 Å². The highest BCUT2D eigenvalue weighted by Gasteiger charge is 2.21. The summed E-state index contributed by atoms with van der Waals surface area (Å²) in [6, 6.07) is 10.9. The van der Waals surface area contributed by atoms with E-state index in [1.807, 2.05) is 39.0 Å². The molecule has 0 saturated heterocycles. The summed E-state index contributed by atoms with van der Waals surface area (Å²) >= 11 is 0. The summed E-state index contributed by atoms with van der Waals surface area (Å²) in [7, 11) is -3.69. The van der Waals surface area contributed by atoms with Crippen molar-refractivity contribution in [3.63, 3.8) is 0 Å². The van der Waals surface area contributed by atoms with Crippen molar-refractivity contribution < 1.29 is 27.1 Å². The zero-order chi connectivity index (χ0) is 23.7. The van der Waals surface area contributed by atoms with Gasteiger partial charge in [-0.05, 0) is 57.0 Å². The van der Waals surface area contributed by atoms with E-state index in [4.69, 9.17) is 9.47 Å². The molecule has 32 heavy (non-hydrogen) atoms. The lowest BCUT2D eigenvalue weighted by Gasteiger charge is -2.23. The molecule has 7 nitrogen and oxygen atoms in total. The van der Waals surface area contributed by atoms with E-state index in [9.17, 15) is 17.6 Å². The van der Waals surface area contributed by atoms with Gasteiger partial charge in [0.2, 0.25) is 15.9 Å². The van der Waals surface area contributed by atoms with E-state index in [1.165, 1.54) is 18.2 Å². The van der Waals surface area contributed by atoms with Gasteiger partial charge in [-0.25, -0.2) is 12.8 Å². The number of halogens is 1. The van der Waals surface area contributed by atoms with E-state index in [0.29, 0.717) is 24.7 Å². The monoisotopic (exact) mass is 466 g/mol. The van der Waals surface area contributed by atoms with E-state index in [1.54, 1.807) is 6.07 Å². The molecule has 0 bridgehead atoms. The number of ether oxygens (including phenoxy) is 2. The molecule has 1 atom stereocenters. The van der Waals surface area contributed by atoms with Gasteiger partial charge in [-0.3, -0.25) is 9.10 Å². The minimum atomic E-state index is -3.69. The maximum absolute atomic E-state index is 14.1. The van der Waals surface area contributed by atoms with Crippen LogP contribution >= 0.6 is 0 Å². The van der Waals surface area contributed by atoms with Crippen LogP contribution in [0.5, 0.6) is 11.5 Å². The fraction of sp³-hybridized carbons (Fsp3) is 0.435. The van der Waals surface area contributed by atoms with Gasteiger partial charge < -0.3 is 14.8 Å². The average Bonchev–Trinajstić information content (AvgIpc) is 2.72. The standard InChI is InChI=1S/C23H31FN2O5S/c1-5-30-21-14-13-18(16-22(21)31-6-2)17(3)25-23(27)12-9-15-26(32(4,28)29)20-11-8-7-10-19(20)24/h7-8,10-11,13-14,16-17H,5-6,9,12,15H2,1-4H3,(H,25,27)/t17-/m1/s1. The summed E-state index contributed by atoms with van der Waals surface area (Å²) in [4.78, 5) is 12.4. The number of hydrogen-bond acceptors (Lipinski definition) is 5. The van der Waals surface area contributed by atoms with E-state index >= 15 is 0 Å². The van der Waals surface area contributed by atoms with E-state index in [-0.39, 0.29) is 37.0 Å². The van der Waals surface area contributed by atoms with Crippen LogP contribution in [-0.4, -0.2) is 40.3 Å². The summed E-state index contributed by atoms with van der Waals surface area (Å²) in [6.07, 6.45) is 1.36. The molecule has 1 amide bonds. The molecule has 0 fully saturated rings. The molecule has 0 heterocycles. The molecular formula is C23H31FN2O5S. The number of carbonyl (C=O) groups is 1. The van der Waals surface area contributed by atoms with E-state index in [2.05, 4.69) is 5.32 Å². The molecule has 0 aliphatic carbocycles. The summed E-state index contributed by atoms with van der Waals surface area (Å²) in [5.74, 6) is 0.398. The Kier molecular flexibility index (Phi) is 9.31. The molecule has 0 aliphatic heterocycles. The van der Waals surface area contributed by atoms with Gasteiger partial charge in [0.05, 0.1) is 31.2 Å². The molecule has 9 heteroatoms. The summed E-state index contributed by atoms with van der Waals surface area (Å²) in [5, 5.41) is 2.90. The van der Waals surface area contributed by atoms with Crippen molar-refractivity contribution in [3.05, 3.63) is 53.8 Å². The van der Waals surface area contributed by atoms with Gasteiger partial charge >= 0.3 is 0 Å². The second-order valence-corrected chi connectivity index (χ2v) is 9.16. The third-order valence-corrected chi connectivity index (χ3v) is 5.91. The summed E-state index contributed by atoms with van der Waals surface area (Å²) in [6.45, 7) is 6.63. The molecule has 2 aromatic rings. The number of para-hydroxylation sites is 1. The van der Waals surface area contributed by atoms with Crippen LogP contribution < -0.4 is 19.1 Å². The lowest BCUT2D eigenvalue weighted by atomic mass is 10.1. The first-order valence-corrected chi connectivity index (χ1v) is 12.4. The van der Waals surface area contributed by atoms with Crippen molar-refractivity contribution in [2.75, 3.05) is 30.3 Å². The smallest absolute Gasteiger partial charge is 0.232 e. The van der Waals surface area contributed by atoms with Crippen LogP contribution in [0.2, 0.25) is 0 Å². The lowest BCUT2D eigenvalue weighted by Crippen LogP contribution is -2.33. The Morgan fingerprint density at radius 2 is 1.75 bits per heavy atom. The Hall–Kier alpha value is -2.81. The normalized spacial score (nSPS) is 12.2. The average molecular weight is 467 g/mol. The Morgan fingerprint density at radius 3 is 2.38 bits per heavy atom. The third kappa shape index (κ3) is 7.12. The minimum Gasteiger partial charge on any atom is -0.490 e. The lowest BCUT2D eigenvalue weighted by molar-refractivity contribution is -0.121. The number of sulfonamides is 1. The van der Waals surface area contributed by atoms with Gasteiger partial charge in [0.1, 0.15) is 5.82 Å². The van der Waals surface area contributed by atoms with Crippen molar-refractivity contribution in [1.29, 1.82) is 0 Å². The predicted octanol–water partition coefficient (Wildman–Crippen LogP) is 4.05. The van der Waals surface area contributed by atoms with Gasteiger partial charge in [-0.1, -0.05) is 18.2 Å². The second-order valence-electron chi connectivity index (χ2n) is 7.25. The van der Waals surface area contributed by atoms with Crippen molar-refractivity contribution in [2.24, 2.45) is 0 Å². The second kappa shape index (κ2) is 11.7. The van der Waals surface area contributed by atoms with Gasteiger partial charge in [0, 0.05) is 13.0 Å². The SMILES string of the molecule is CCOc1ccc([C@@H](C)NC(=O)CCCN(c2ccccc2F)S(C)(=O)=O)cc1OCC. The van der Waals surface area contributed by atoms with E-state index < -0.39 is 15.8 Å². The fourth-order valence-corrected chi connectivity index (χ4v) is 4.20. The van der Waals surface area contributed by atoms with Crippen LogP contribution in [0.15, 0.2) is 42.5 Å². The number of nitrogens with one attached hydrogen (secondary N) is 1. The molecule has 0 spiro atoms. The number of benzene rings is 2. The highest BCUT2D eigenvalue weighted by Crippen LogP contribution is 2.30. The van der Waals surface area contributed by atoms with Crippen molar-refractivity contribution in [2.45, 2.75) is 39.7 Å². The van der Waals surface area contributed by atoms with Gasteiger partial charge in [-0.15, -0.1) is 0 Å². The first-order chi connectivity index (χ1) is 15.2. The number of rotatable bonds is 12. The Labute approximate surface area is 189 Å². The maximum Gasteiger partial charge on any atom is 0.232 e. The highest BCUT2D eigenvalue weighted by molar-refractivity contribution is 7.92. The predicted molar refractivity (Wildman–Crippen MR) is 123 cm³/mol. The summed E-state index contributed by atoms with van der Waals surface area (Å²) < 4.78 is 50.5. The molecule has 0 unspecified atom stereocenters. The fourth-order valence-electron chi connectivity index (χ4n) is 3.24. The zero-order valence-corrected chi connectivity index (χ0v) is 19.7. The number of hydrogen-bond donors (Lipinski definition) is 1. The van der Waals surface area contributed by atoms with Crippen LogP contribution in [-0.2, 0) is 14.8 Å². The highest BCUT2D eigenvalue weighted by atomic mass is 32.2. The quantitative estimate of drug-likeness (QED) is 0.510. The summed E-state index contributed by atoms with van der Waals surface area (Å²) in [5.41, 5.74) is 0.830. The Bertz CT molecular complexity index is 1010. The molecule has 0 aromatic heterocycles. The molecule has 176 valence electrons. The molecule has 0 aliphatic rings. The number of nitrogens with zero attached hydrogens (tertiary/aromatic N) is 1. The van der Waals surface area contributed by atoms with Gasteiger partial charge in [0.25, 0.3) is 0 Å². The van der Waals surface area contributed by atoms with Crippen LogP contribution in [0.1, 0.15) is 45.2 Å². The number of anilines is 1. The zero-order valence-electron chi connectivity index (χ0n) is 18.9. The van der Waals surface area contributed by atoms with Crippen LogP contribution in [0.3, 0.4) is 0 Å². The molecular weight excluding hydrogens is 435 g/mol. The van der Waals surface area contributed by atoms with Gasteiger partial charge in [0.15, 0.2) is 11.5 Å². The number of carbonyl (C=O) groups excluding carboxylic acids is 1. The van der Waals surface area contributed by atoms with Gasteiger partial charge in [-0.2, -0.15) is 0 Å². The molecule has 0 saturated carbocycles. The Morgan fingerprint density at radius 1 is 1.09 bits per heavy atom. The molecule has 2 aromatic carbocycles. The topological polar surface area (TPSA) is 84.9 Å². The minimum absolute atomic E-state index is 0.000884. The first-order valence-electron chi connectivity index (χ1n) is 10.6. The maximum atomic E-state index is 14.1. The molecule has 0 radical (unpaired) electrons. The molecule has 2 rings (SSSR count). The van der Waals surface area contributed by atoms with Crippen molar-refractivity contribution in [3.8, 4) is 11.5 Å². The van der Waals surface area contributed by atoms with Crippen molar-refractivity contribution in [1.82, 2.24) is 5.32 Å². The largest absolute Gasteiger partial charge is 0.490 e. The first kappa shape index (κ1) is 25.5. The Balaban J connectivity index is 1.98. The third-order valence-electron chi connectivity index (χ3n) is 4.73. The van der Waals surface area contributed by atoms with Crippen molar-refractivity contribution >= 4 is 21.6 Å².